The van der Waals surface area contributed by atoms with Crippen molar-refractivity contribution in [1.82, 2.24) is 5.32 Å². The van der Waals surface area contributed by atoms with Gasteiger partial charge in [0.1, 0.15) is 11.5 Å². The number of aryl methyl sites for hydroxylation is 1. The van der Waals surface area contributed by atoms with Crippen LogP contribution in [-0.2, 0) is 14.4 Å². The van der Waals surface area contributed by atoms with Crippen LogP contribution in [0.2, 0.25) is 0 Å². The Morgan fingerprint density at radius 2 is 1.86 bits per heavy atom. The van der Waals surface area contributed by atoms with Crippen molar-refractivity contribution >= 4 is 34.4 Å². The number of thioether (sulfide) groups is 1. The molecule has 1 saturated heterocycles. The number of anilines is 1. The summed E-state index contributed by atoms with van der Waals surface area (Å²) in [6.45, 7) is 7.45. The fourth-order valence-electron chi connectivity index (χ4n) is 3.27. The number of benzene rings is 1. The molecule has 1 fully saturated rings. The van der Waals surface area contributed by atoms with Gasteiger partial charge in [0.25, 0.3) is 5.91 Å². The van der Waals surface area contributed by atoms with Crippen molar-refractivity contribution in [2.75, 3.05) is 10.7 Å². The van der Waals surface area contributed by atoms with E-state index in [1.165, 1.54) is 16.7 Å². The molecule has 1 N–H and O–H groups in total. The summed E-state index contributed by atoms with van der Waals surface area (Å²) in [4.78, 5) is 40.1. The summed E-state index contributed by atoms with van der Waals surface area (Å²) in [6, 6.07) is 11.6. The van der Waals surface area contributed by atoms with Crippen LogP contribution < -0.4 is 10.2 Å². The first kappa shape index (κ1) is 21.2. The van der Waals surface area contributed by atoms with Crippen molar-refractivity contribution < 1.29 is 18.8 Å². The lowest BCUT2D eigenvalue weighted by atomic mass is 10.0. The van der Waals surface area contributed by atoms with E-state index >= 15 is 0 Å². The minimum Gasteiger partial charge on any atom is -0.464 e. The zero-order valence-electron chi connectivity index (χ0n) is 17.1. The molecule has 154 valence electrons. The Hall–Kier alpha value is -2.54. The smallest absolute Gasteiger partial charge is 0.251 e. The molecule has 6 nitrogen and oxygen atoms in total. The van der Waals surface area contributed by atoms with E-state index in [-0.39, 0.29) is 23.4 Å². The molecule has 0 bridgehead atoms. The van der Waals surface area contributed by atoms with Crippen molar-refractivity contribution in [2.24, 2.45) is 5.92 Å². The van der Waals surface area contributed by atoms with Crippen molar-refractivity contribution in [3.63, 3.8) is 0 Å². The molecule has 2 unspecified atom stereocenters. The summed E-state index contributed by atoms with van der Waals surface area (Å²) in [5.41, 5.74) is 0.103. The number of hydrogen-bond donors (Lipinski definition) is 1. The SMILES string of the molecule is Cc1ccc(C(C(=O)NC(C)(C)C)N(C(=O)C2CSC(=O)C2)c2ccccc2)o1. The standard InChI is InChI=1S/C22H26N2O4S/c1-14-10-11-17(28-14)19(20(26)23-22(2,3)4)24(16-8-6-5-7-9-16)21(27)15-12-18(25)29-13-15/h5-11,15,19H,12-13H2,1-4H3,(H,23,26). The lowest BCUT2D eigenvalue weighted by Gasteiger charge is -2.33. The molecule has 1 aromatic carbocycles. The molecule has 7 heteroatoms. The lowest BCUT2D eigenvalue weighted by molar-refractivity contribution is -0.129. The molecule has 2 aromatic rings. The molecule has 2 atom stereocenters. The molecule has 1 aliphatic heterocycles. The Bertz CT molecular complexity index is 901. The molecule has 0 aliphatic carbocycles. The first-order valence-electron chi connectivity index (χ1n) is 9.58. The van der Waals surface area contributed by atoms with Crippen LogP contribution in [0.5, 0.6) is 0 Å². The predicted octanol–water partition coefficient (Wildman–Crippen LogP) is 3.86. The fourth-order valence-corrected chi connectivity index (χ4v) is 4.24. The van der Waals surface area contributed by atoms with Gasteiger partial charge in [0.15, 0.2) is 11.2 Å². The Morgan fingerprint density at radius 3 is 2.38 bits per heavy atom. The van der Waals surface area contributed by atoms with Gasteiger partial charge in [-0.3, -0.25) is 19.3 Å². The zero-order valence-corrected chi connectivity index (χ0v) is 17.9. The molecule has 29 heavy (non-hydrogen) atoms. The molecule has 2 amide bonds. The second kappa shape index (κ2) is 8.45. The number of nitrogens with zero attached hydrogens (tertiary/aromatic N) is 1. The third-order valence-corrected chi connectivity index (χ3v) is 5.57. The van der Waals surface area contributed by atoms with Gasteiger partial charge in [0, 0.05) is 23.4 Å². The fraction of sp³-hybridized carbons (Fsp3) is 0.409. The third kappa shape index (κ3) is 5.09. The van der Waals surface area contributed by atoms with Crippen LogP contribution in [0.15, 0.2) is 46.9 Å². The first-order chi connectivity index (χ1) is 13.7. The summed E-state index contributed by atoms with van der Waals surface area (Å²) in [6.07, 6.45) is 0.178. The number of para-hydroxylation sites is 1. The predicted molar refractivity (Wildman–Crippen MR) is 114 cm³/mol. The number of nitrogens with one attached hydrogen (secondary N) is 1. The third-order valence-electron chi connectivity index (χ3n) is 4.52. The van der Waals surface area contributed by atoms with E-state index < -0.39 is 17.5 Å². The zero-order chi connectivity index (χ0) is 21.2. The second-order valence-corrected chi connectivity index (χ2v) is 9.30. The van der Waals surface area contributed by atoms with Crippen LogP contribution in [0.1, 0.15) is 44.8 Å². The van der Waals surface area contributed by atoms with Gasteiger partial charge in [-0.25, -0.2) is 0 Å². The summed E-state index contributed by atoms with van der Waals surface area (Å²) < 4.78 is 5.79. The highest BCUT2D eigenvalue weighted by Gasteiger charge is 2.41. The number of amides is 2. The topological polar surface area (TPSA) is 79.6 Å². The second-order valence-electron chi connectivity index (χ2n) is 8.22. The van der Waals surface area contributed by atoms with E-state index in [9.17, 15) is 14.4 Å². The molecular formula is C22H26N2O4S. The van der Waals surface area contributed by atoms with Gasteiger partial charge in [-0.15, -0.1) is 0 Å². The van der Waals surface area contributed by atoms with Crippen molar-refractivity contribution in [3.05, 3.63) is 54.0 Å². The Labute approximate surface area is 175 Å². The highest BCUT2D eigenvalue weighted by atomic mass is 32.2. The molecule has 1 aromatic heterocycles. The van der Waals surface area contributed by atoms with Crippen molar-refractivity contribution in [3.8, 4) is 0 Å². The summed E-state index contributed by atoms with van der Waals surface area (Å²) in [5.74, 6) is 0.414. The summed E-state index contributed by atoms with van der Waals surface area (Å²) >= 11 is 1.17. The van der Waals surface area contributed by atoms with Gasteiger partial charge >= 0.3 is 0 Å². The van der Waals surface area contributed by atoms with E-state index in [0.29, 0.717) is 23.0 Å². The van der Waals surface area contributed by atoms with E-state index in [4.69, 9.17) is 4.42 Å². The van der Waals surface area contributed by atoms with Gasteiger partial charge in [-0.05, 0) is 52.0 Å². The average molecular weight is 415 g/mol. The maximum absolute atomic E-state index is 13.5. The number of furan rings is 1. The van der Waals surface area contributed by atoms with Gasteiger partial charge in [-0.1, -0.05) is 30.0 Å². The molecule has 3 rings (SSSR count). The maximum Gasteiger partial charge on any atom is 0.251 e. The molecule has 1 aliphatic rings. The molecule has 0 radical (unpaired) electrons. The van der Waals surface area contributed by atoms with Gasteiger partial charge in [-0.2, -0.15) is 0 Å². The first-order valence-corrected chi connectivity index (χ1v) is 10.6. The Morgan fingerprint density at radius 1 is 1.17 bits per heavy atom. The van der Waals surface area contributed by atoms with Crippen molar-refractivity contribution in [2.45, 2.75) is 45.7 Å². The number of rotatable bonds is 5. The number of carbonyl (C=O) groups is 3. The largest absolute Gasteiger partial charge is 0.464 e. The molecular weight excluding hydrogens is 388 g/mol. The van der Waals surface area contributed by atoms with Crippen LogP contribution in [-0.4, -0.2) is 28.2 Å². The van der Waals surface area contributed by atoms with Crippen LogP contribution in [0.3, 0.4) is 0 Å². The molecule has 2 heterocycles. The van der Waals surface area contributed by atoms with Gasteiger partial charge in [0.05, 0.1) is 5.92 Å². The Kier molecular flexibility index (Phi) is 6.17. The van der Waals surface area contributed by atoms with Crippen LogP contribution in [0, 0.1) is 12.8 Å². The molecule has 0 spiro atoms. The van der Waals surface area contributed by atoms with E-state index in [1.807, 2.05) is 39.0 Å². The number of hydrogen-bond acceptors (Lipinski definition) is 5. The normalized spacial score (nSPS) is 17.8. The highest BCUT2D eigenvalue weighted by Crippen LogP contribution is 2.34. The van der Waals surface area contributed by atoms with Crippen LogP contribution in [0.25, 0.3) is 0 Å². The van der Waals surface area contributed by atoms with Gasteiger partial charge < -0.3 is 9.73 Å². The number of carbonyl (C=O) groups excluding carboxylic acids is 3. The van der Waals surface area contributed by atoms with Crippen molar-refractivity contribution in [1.29, 1.82) is 0 Å². The monoisotopic (exact) mass is 414 g/mol. The van der Waals surface area contributed by atoms with E-state index in [1.54, 1.807) is 31.2 Å². The van der Waals surface area contributed by atoms with E-state index in [0.717, 1.165) is 0 Å². The summed E-state index contributed by atoms with van der Waals surface area (Å²) in [5, 5.41) is 2.97. The minimum absolute atomic E-state index is 0.000831. The molecule has 0 saturated carbocycles. The maximum atomic E-state index is 13.5. The van der Waals surface area contributed by atoms with Crippen LogP contribution >= 0.6 is 11.8 Å². The summed E-state index contributed by atoms with van der Waals surface area (Å²) in [7, 11) is 0. The quantitative estimate of drug-likeness (QED) is 0.804. The van der Waals surface area contributed by atoms with E-state index in [2.05, 4.69) is 5.32 Å². The average Bonchev–Trinajstić information content (AvgIpc) is 3.26. The van der Waals surface area contributed by atoms with Crippen LogP contribution in [0.4, 0.5) is 5.69 Å². The Balaban J connectivity index is 2.08. The minimum atomic E-state index is -0.974. The van der Waals surface area contributed by atoms with Gasteiger partial charge in [0.2, 0.25) is 5.91 Å². The lowest BCUT2D eigenvalue weighted by Crippen LogP contribution is -2.50. The highest BCUT2D eigenvalue weighted by molar-refractivity contribution is 8.14.